The van der Waals surface area contributed by atoms with Crippen LogP contribution in [-0.4, -0.2) is 60.8 Å². The fraction of sp³-hybridized carbons (Fsp3) is 1.00. The number of fused-ring (bicyclic) bond motifs is 1. The summed E-state index contributed by atoms with van der Waals surface area (Å²) in [6, 6.07) is 1.54. The highest BCUT2D eigenvalue weighted by molar-refractivity contribution is 4.89. The molecular formula is C17H32N2O. The lowest BCUT2D eigenvalue weighted by Crippen LogP contribution is -2.59. The minimum absolute atomic E-state index is 0.565. The molecule has 1 saturated carbocycles. The molecule has 20 heavy (non-hydrogen) atoms. The smallest absolute Gasteiger partial charge is 0.0597 e. The third-order valence-electron chi connectivity index (χ3n) is 5.60. The van der Waals surface area contributed by atoms with E-state index in [0.717, 1.165) is 19.2 Å². The van der Waals surface area contributed by atoms with Crippen LogP contribution in [0.15, 0.2) is 0 Å². The molecule has 2 heterocycles. The first-order chi connectivity index (χ1) is 9.83. The van der Waals surface area contributed by atoms with Crippen molar-refractivity contribution >= 4 is 0 Å². The molecule has 2 atom stereocenters. The van der Waals surface area contributed by atoms with Crippen LogP contribution in [0.1, 0.15) is 58.3 Å². The number of piperidine rings is 1. The second kappa shape index (κ2) is 7.24. The van der Waals surface area contributed by atoms with E-state index < -0.39 is 0 Å². The largest absolute Gasteiger partial charge is 0.377 e. The Kier molecular flexibility index (Phi) is 5.36. The Bertz CT molecular complexity index is 291. The normalized spacial score (nSPS) is 34.0. The Morgan fingerprint density at radius 3 is 2.60 bits per heavy atom. The summed E-state index contributed by atoms with van der Waals surface area (Å²) >= 11 is 0. The van der Waals surface area contributed by atoms with Gasteiger partial charge in [0.15, 0.2) is 0 Å². The highest BCUT2D eigenvalue weighted by Crippen LogP contribution is 2.24. The molecule has 3 fully saturated rings. The maximum absolute atomic E-state index is 6.11. The summed E-state index contributed by atoms with van der Waals surface area (Å²) in [7, 11) is 0. The van der Waals surface area contributed by atoms with E-state index in [2.05, 4.69) is 16.7 Å². The molecule has 3 rings (SSSR count). The summed E-state index contributed by atoms with van der Waals surface area (Å²) in [6.07, 6.45) is 11.6. The van der Waals surface area contributed by atoms with Crippen LogP contribution in [0.3, 0.4) is 0 Å². The van der Waals surface area contributed by atoms with Gasteiger partial charge in [-0.1, -0.05) is 25.7 Å². The molecule has 0 aromatic heterocycles. The second-order valence-electron chi connectivity index (χ2n) is 7.12. The summed E-state index contributed by atoms with van der Waals surface area (Å²) < 4.78 is 6.11. The van der Waals surface area contributed by atoms with Gasteiger partial charge in [0, 0.05) is 31.7 Å². The van der Waals surface area contributed by atoms with Crippen molar-refractivity contribution in [2.45, 2.75) is 76.5 Å². The van der Waals surface area contributed by atoms with Crippen LogP contribution in [0.5, 0.6) is 0 Å². The van der Waals surface area contributed by atoms with Crippen LogP contribution in [0.4, 0.5) is 0 Å². The minimum atomic E-state index is 0.565. The Hall–Kier alpha value is -0.120. The van der Waals surface area contributed by atoms with Crippen molar-refractivity contribution in [1.29, 1.82) is 0 Å². The Balaban J connectivity index is 1.40. The Morgan fingerprint density at radius 2 is 1.75 bits per heavy atom. The molecule has 0 aromatic rings. The average molecular weight is 280 g/mol. The third kappa shape index (κ3) is 3.75. The molecule has 2 saturated heterocycles. The predicted molar refractivity (Wildman–Crippen MR) is 83.1 cm³/mol. The Labute approximate surface area is 124 Å². The maximum atomic E-state index is 6.11. The summed E-state index contributed by atoms with van der Waals surface area (Å²) in [4.78, 5) is 5.40. The molecule has 0 N–H and O–H groups in total. The van der Waals surface area contributed by atoms with Crippen molar-refractivity contribution in [3.63, 3.8) is 0 Å². The monoisotopic (exact) mass is 280 g/mol. The number of hydrogen-bond donors (Lipinski definition) is 0. The van der Waals surface area contributed by atoms with E-state index in [9.17, 15) is 0 Å². The molecule has 0 spiro atoms. The molecule has 1 aliphatic carbocycles. The average Bonchev–Trinajstić information content (AvgIpc) is 2.49. The van der Waals surface area contributed by atoms with Crippen molar-refractivity contribution in [1.82, 2.24) is 9.80 Å². The van der Waals surface area contributed by atoms with Gasteiger partial charge in [-0.15, -0.1) is 0 Å². The summed E-state index contributed by atoms with van der Waals surface area (Å²) in [5.74, 6) is 0. The molecule has 3 aliphatic rings. The molecule has 3 heteroatoms. The maximum Gasteiger partial charge on any atom is 0.0597 e. The van der Waals surface area contributed by atoms with E-state index in [0.29, 0.717) is 12.1 Å². The molecule has 0 bridgehead atoms. The van der Waals surface area contributed by atoms with Crippen molar-refractivity contribution in [2.75, 3.05) is 32.8 Å². The Morgan fingerprint density at radius 1 is 0.950 bits per heavy atom. The summed E-state index contributed by atoms with van der Waals surface area (Å²) in [6.45, 7) is 8.36. The topological polar surface area (TPSA) is 15.7 Å². The second-order valence-corrected chi connectivity index (χ2v) is 7.12. The third-order valence-corrected chi connectivity index (χ3v) is 5.60. The van der Waals surface area contributed by atoms with E-state index in [4.69, 9.17) is 4.74 Å². The number of nitrogens with zero attached hydrogens (tertiary/aromatic N) is 2. The van der Waals surface area contributed by atoms with Crippen LogP contribution < -0.4 is 0 Å². The van der Waals surface area contributed by atoms with Crippen LogP contribution >= 0.6 is 0 Å². The first-order valence-electron chi connectivity index (χ1n) is 8.92. The van der Waals surface area contributed by atoms with Crippen LogP contribution in [0.2, 0.25) is 0 Å². The highest BCUT2D eigenvalue weighted by atomic mass is 16.5. The van der Waals surface area contributed by atoms with Gasteiger partial charge in [0.25, 0.3) is 0 Å². The van der Waals surface area contributed by atoms with Crippen LogP contribution in [0, 0.1) is 0 Å². The van der Waals surface area contributed by atoms with Gasteiger partial charge in [0.05, 0.1) is 12.7 Å². The molecule has 0 amide bonds. The van der Waals surface area contributed by atoms with Gasteiger partial charge in [0.1, 0.15) is 0 Å². The van der Waals surface area contributed by atoms with Gasteiger partial charge in [0.2, 0.25) is 0 Å². The molecule has 2 aliphatic heterocycles. The van der Waals surface area contributed by atoms with E-state index in [1.807, 2.05) is 0 Å². The van der Waals surface area contributed by atoms with Crippen molar-refractivity contribution in [2.24, 2.45) is 0 Å². The first kappa shape index (κ1) is 14.8. The van der Waals surface area contributed by atoms with Crippen LogP contribution in [-0.2, 0) is 4.74 Å². The first-order valence-corrected chi connectivity index (χ1v) is 8.92. The molecule has 3 nitrogen and oxygen atoms in total. The molecular weight excluding hydrogens is 248 g/mol. The van der Waals surface area contributed by atoms with E-state index in [-0.39, 0.29) is 0 Å². The highest BCUT2D eigenvalue weighted by Gasteiger charge is 2.32. The summed E-state index contributed by atoms with van der Waals surface area (Å²) in [5, 5.41) is 0. The molecule has 2 unspecified atom stereocenters. The van der Waals surface area contributed by atoms with Gasteiger partial charge in [-0.3, -0.25) is 9.80 Å². The molecule has 116 valence electrons. The van der Waals surface area contributed by atoms with E-state index >= 15 is 0 Å². The van der Waals surface area contributed by atoms with Crippen molar-refractivity contribution in [3.8, 4) is 0 Å². The van der Waals surface area contributed by atoms with Gasteiger partial charge in [-0.2, -0.15) is 0 Å². The lowest BCUT2D eigenvalue weighted by molar-refractivity contribution is -0.0221. The fourth-order valence-corrected chi connectivity index (χ4v) is 4.29. The standard InChI is InChI=1S/C17H32N2O/c1-15-13-19-10-6-5-7-16(19)14-18(15)11-12-20-17-8-3-2-4-9-17/h15-17H,2-14H2,1H3. The van der Waals surface area contributed by atoms with E-state index in [1.165, 1.54) is 71.0 Å². The van der Waals surface area contributed by atoms with Crippen molar-refractivity contribution < 1.29 is 4.74 Å². The predicted octanol–water partition coefficient (Wildman–Crippen LogP) is 2.89. The number of piperazine rings is 1. The molecule has 0 radical (unpaired) electrons. The van der Waals surface area contributed by atoms with Gasteiger partial charge < -0.3 is 4.74 Å². The zero-order valence-corrected chi connectivity index (χ0v) is 13.2. The number of ether oxygens (including phenoxy) is 1. The quantitative estimate of drug-likeness (QED) is 0.787. The lowest BCUT2D eigenvalue weighted by Gasteiger charge is -2.47. The minimum Gasteiger partial charge on any atom is -0.377 e. The number of hydrogen-bond acceptors (Lipinski definition) is 3. The van der Waals surface area contributed by atoms with Crippen LogP contribution in [0.25, 0.3) is 0 Å². The SMILES string of the molecule is CC1CN2CCCCC2CN1CCOC1CCCCC1. The van der Waals surface area contributed by atoms with E-state index in [1.54, 1.807) is 0 Å². The van der Waals surface area contributed by atoms with Gasteiger partial charge >= 0.3 is 0 Å². The number of rotatable bonds is 4. The zero-order valence-electron chi connectivity index (χ0n) is 13.2. The zero-order chi connectivity index (χ0) is 13.8. The summed E-state index contributed by atoms with van der Waals surface area (Å²) in [5.41, 5.74) is 0. The van der Waals surface area contributed by atoms with Gasteiger partial charge in [-0.05, 0) is 39.2 Å². The van der Waals surface area contributed by atoms with Crippen molar-refractivity contribution in [3.05, 3.63) is 0 Å². The lowest BCUT2D eigenvalue weighted by atomic mass is 9.97. The molecule has 0 aromatic carbocycles. The fourth-order valence-electron chi connectivity index (χ4n) is 4.29. The van der Waals surface area contributed by atoms with Gasteiger partial charge in [-0.25, -0.2) is 0 Å².